The summed E-state index contributed by atoms with van der Waals surface area (Å²) in [6.07, 6.45) is 2.96. The molecular formula is C21H32N4O4S. The number of amides is 1. The second-order valence-electron chi connectivity index (χ2n) is 9.24. The molecule has 2 heterocycles. The van der Waals surface area contributed by atoms with Crippen LogP contribution in [0.5, 0.6) is 0 Å². The lowest BCUT2D eigenvalue weighted by atomic mass is 10.2. The van der Waals surface area contributed by atoms with Crippen molar-refractivity contribution in [2.45, 2.75) is 91.5 Å². The second-order valence-corrected chi connectivity index (χ2v) is 10.3. The molecule has 1 aliphatic rings. The maximum Gasteiger partial charge on any atom is 0.422 e. The molecule has 1 saturated carbocycles. The topological polar surface area (TPSA) is 94.4 Å². The number of hydrazine groups is 1. The normalized spacial score (nSPS) is 15.4. The maximum atomic E-state index is 13.3. The van der Waals surface area contributed by atoms with E-state index >= 15 is 0 Å². The fraction of sp³-hybridized carbons (Fsp3) is 0.667. The van der Waals surface area contributed by atoms with Gasteiger partial charge in [-0.05, 0) is 59.4 Å². The zero-order valence-corrected chi connectivity index (χ0v) is 19.5. The number of thiophene rings is 1. The number of hydrogen-bond donors (Lipinski definition) is 2. The number of hydrogen-bond acceptors (Lipinski definition) is 6. The predicted molar refractivity (Wildman–Crippen MR) is 119 cm³/mol. The van der Waals surface area contributed by atoms with Gasteiger partial charge in [0.1, 0.15) is 10.4 Å². The van der Waals surface area contributed by atoms with Gasteiger partial charge in [0.15, 0.2) is 0 Å². The molecule has 0 unspecified atom stereocenters. The molecular weight excluding hydrogens is 404 g/mol. The zero-order valence-electron chi connectivity index (χ0n) is 18.7. The van der Waals surface area contributed by atoms with Gasteiger partial charge in [-0.1, -0.05) is 13.3 Å². The highest BCUT2D eigenvalue weighted by molar-refractivity contribution is 7.18. The standard InChI is InChI=1S/C21H32N4O4S/c1-7-8-11-24-17-15(16(26)25(19(24)28)21(6)9-10-21)13(2)14(30-17)12-22-23-18(27)29-20(3,4)5/h22H,7-12H2,1-6H3,(H,23,27). The molecule has 0 aromatic carbocycles. The first kappa shape index (κ1) is 22.6. The van der Waals surface area contributed by atoms with Gasteiger partial charge in [-0.25, -0.2) is 15.0 Å². The summed E-state index contributed by atoms with van der Waals surface area (Å²) in [5.74, 6) is 0. The van der Waals surface area contributed by atoms with Gasteiger partial charge in [-0.3, -0.25) is 19.4 Å². The van der Waals surface area contributed by atoms with Crippen molar-refractivity contribution in [1.29, 1.82) is 0 Å². The van der Waals surface area contributed by atoms with E-state index in [4.69, 9.17) is 4.74 Å². The molecule has 0 aliphatic heterocycles. The summed E-state index contributed by atoms with van der Waals surface area (Å²) in [6.45, 7) is 12.3. The van der Waals surface area contributed by atoms with E-state index < -0.39 is 11.7 Å². The second kappa shape index (κ2) is 8.19. The van der Waals surface area contributed by atoms with Crippen molar-refractivity contribution in [2.75, 3.05) is 0 Å². The first-order valence-corrected chi connectivity index (χ1v) is 11.3. The van der Waals surface area contributed by atoms with Crippen molar-refractivity contribution in [1.82, 2.24) is 20.0 Å². The molecule has 8 nitrogen and oxygen atoms in total. The van der Waals surface area contributed by atoms with Gasteiger partial charge in [0.05, 0.1) is 10.9 Å². The van der Waals surface area contributed by atoms with Gasteiger partial charge >= 0.3 is 11.8 Å². The Labute approximate surface area is 180 Å². The number of unbranched alkanes of at least 4 members (excludes halogenated alkanes) is 1. The number of rotatable bonds is 7. The Morgan fingerprint density at radius 1 is 1.27 bits per heavy atom. The summed E-state index contributed by atoms with van der Waals surface area (Å²) in [5, 5.41) is 0.609. The van der Waals surface area contributed by atoms with Crippen LogP contribution in [0.2, 0.25) is 0 Å². The number of carbonyl (C=O) groups is 1. The van der Waals surface area contributed by atoms with Gasteiger partial charge < -0.3 is 4.74 Å². The third-order valence-electron chi connectivity index (χ3n) is 5.40. The van der Waals surface area contributed by atoms with Crippen molar-refractivity contribution in [2.24, 2.45) is 0 Å². The van der Waals surface area contributed by atoms with Gasteiger partial charge in [0.25, 0.3) is 5.56 Å². The highest BCUT2D eigenvalue weighted by atomic mass is 32.1. The first-order chi connectivity index (χ1) is 14.0. The van der Waals surface area contributed by atoms with Crippen LogP contribution in [0, 0.1) is 6.92 Å². The zero-order chi connectivity index (χ0) is 22.3. The molecule has 0 spiro atoms. The van der Waals surface area contributed by atoms with Crippen LogP contribution in [0.25, 0.3) is 10.2 Å². The third kappa shape index (κ3) is 4.46. The van der Waals surface area contributed by atoms with Crippen LogP contribution < -0.4 is 22.1 Å². The van der Waals surface area contributed by atoms with Crippen LogP contribution in [-0.2, 0) is 23.4 Å². The molecule has 1 fully saturated rings. The molecule has 0 radical (unpaired) electrons. The lowest BCUT2D eigenvalue weighted by Crippen LogP contribution is -2.44. The van der Waals surface area contributed by atoms with Crippen molar-refractivity contribution in [3.8, 4) is 0 Å². The molecule has 1 amide bonds. The molecule has 0 bridgehead atoms. The monoisotopic (exact) mass is 436 g/mol. The number of aryl methyl sites for hydroxylation is 2. The van der Waals surface area contributed by atoms with Gasteiger partial charge in [-0.15, -0.1) is 11.3 Å². The average Bonchev–Trinajstić information content (AvgIpc) is 3.27. The van der Waals surface area contributed by atoms with E-state index in [1.54, 1.807) is 25.3 Å². The lowest BCUT2D eigenvalue weighted by Gasteiger charge is -2.19. The van der Waals surface area contributed by atoms with Gasteiger partial charge in [-0.2, -0.15) is 0 Å². The van der Waals surface area contributed by atoms with Crippen molar-refractivity contribution < 1.29 is 9.53 Å². The van der Waals surface area contributed by atoms with E-state index in [2.05, 4.69) is 17.8 Å². The predicted octanol–water partition coefficient (Wildman–Crippen LogP) is 3.37. The summed E-state index contributed by atoms with van der Waals surface area (Å²) in [5.41, 5.74) is 4.86. The Morgan fingerprint density at radius 2 is 1.93 bits per heavy atom. The summed E-state index contributed by atoms with van der Waals surface area (Å²) >= 11 is 1.43. The Kier molecular flexibility index (Phi) is 6.15. The maximum absolute atomic E-state index is 13.3. The minimum absolute atomic E-state index is 0.206. The molecule has 30 heavy (non-hydrogen) atoms. The molecule has 2 N–H and O–H groups in total. The average molecular weight is 437 g/mol. The van der Waals surface area contributed by atoms with E-state index in [9.17, 15) is 14.4 Å². The van der Waals surface area contributed by atoms with E-state index in [1.807, 2.05) is 13.8 Å². The summed E-state index contributed by atoms with van der Waals surface area (Å²) in [6, 6.07) is 0. The minimum Gasteiger partial charge on any atom is -0.443 e. The lowest BCUT2D eigenvalue weighted by molar-refractivity contribution is 0.0497. The van der Waals surface area contributed by atoms with Crippen LogP contribution in [0.15, 0.2) is 9.59 Å². The molecule has 3 rings (SSSR count). The van der Waals surface area contributed by atoms with E-state index in [-0.39, 0.29) is 16.8 Å². The fourth-order valence-corrected chi connectivity index (χ4v) is 4.71. The van der Waals surface area contributed by atoms with E-state index in [0.29, 0.717) is 23.3 Å². The van der Waals surface area contributed by atoms with Crippen LogP contribution in [0.1, 0.15) is 70.7 Å². The first-order valence-electron chi connectivity index (χ1n) is 10.5. The van der Waals surface area contributed by atoms with E-state index in [0.717, 1.165) is 36.1 Å². The number of nitrogens with one attached hydrogen (secondary N) is 2. The van der Waals surface area contributed by atoms with Gasteiger partial charge in [0, 0.05) is 18.0 Å². The molecule has 2 aromatic heterocycles. The third-order valence-corrected chi connectivity index (χ3v) is 6.71. The Balaban J connectivity index is 1.96. The summed E-state index contributed by atoms with van der Waals surface area (Å²) in [4.78, 5) is 39.9. The van der Waals surface area contributed by atoms with Crippen LogP contribution in [0.4, 0.5) is 4.79 Å². The number of fused-ring (bicyclic) bond motifs is 1. The van der Waals surface area contributed by atoms with Crippen LogP contribution >= 0.6 is 11.3 Å². The minimum atomic E-state index is -0.585. The Morgan fingerprint density at radius 3 is 2.50 bits per heavy atom. The van der Waals surface area contributed by atoms with E-state index in [1.165, 1.54) is 15.9 Å². The molecule has 9 heteroatoms. The highest BCUT2D eigenvalue weighted by Gasteiger charge is 2.43. The number of ether oxygens (including phenoxy) is 1. The van der Waals surface area contributed by atoms with Gasteiger partial charge in [0.2, 0.25) is 0 Å². The SMILES string of the molecule is CCCCn1c(=O)n(C2(C)CC2)c(=O)c2c(C)c(CNNC(=O)OC(C)(C)C)sc21. The Hall–Kier alpha value is -2.13. The van der Waals surface area contributed by atoms with Crippen molar-refractivity contribution in [3.05, 3.63) is 31.3 Å². The highest BCUT2D eigenvalue weighted by Crippen LogP contribution is 2.41. The van der Waals surface area contributed by atoms with Crippen molar-refractivity contribution in [3.63, 3.8) is 0 Å². The van der Waals surface area contributed by atoms with Crippen LogP contribution in [0.3, 0.4) is 0 Å². The quantitative estimate of drug-likeness (QED) is 0.649. The molecule has 0 atom stereocenters. The molecule has 0 saturated heterocycles. The smallest absolute Gasteiger partial charge is 0.422 e. The fourth-order valence-electron chi connectivity index (χ4n) is 3.46. The molecule has 166 valence electrons. The summed E-state index contributed by atoms with van der Waals surface area (Å²) < 4.78 is 8.43. The number of aromatic nitrogens is 2. The summed E-state index contributed by atoms with van der Waals surface area (Å²) in [7, 11) is 0. The largest absolute Gasteiger partial charge is 0.443 e. The molecule has 2 aromatic rings. The van der Waals surface area contributed by atoms with Crippen LogP contribution in [-0.4, -0.2) is 20.8 Å². The Bertz CT molecular complexity index is 1070. The van der Waals surface area contributed by atoms with Crippen molar-refractivity contribution >= 4 is 27.6 Å². The number of carbonyl (C=O) groups excluding carboxylic acids is 1. The number of nitrogens with zero attached hydrogens (tertiary/aromatic N) is 2. The molecule has 1 aliphatic carbocycles.